The van der Waals surface area contributed by atoms with Crippen molar-refractivity contribution in [3.05, 3.63) is 30.4 Å². The number of hydrogen-bond acceptors (Lipinski definition) is 3. The number of nitrogen functional groups attached to an aromatic ring is 1. The average molecular weight is 230 g/mol. The van der Waals surface area contributed by atoms with Crippen molar-refractivity contribution < 1.29 is 0 Å². The van der Waals surface area contributed by atoms with Gasteiger partial charge in [-0.15, -0.1) is 0 Å². The number of imidazole rings is 1. The molecule has 1 fully saturated rings. The normalized spacial score (nSPS) is 22.1. The molecule has 0 saturated carbocycles. The van der Waals surface area contributed by atoms with Crippen molar-refractivity contribution in [1.82, 2.24) is 14.3 Å². The zero-order chi connectivity index (χ0) is 11.8. The minimum atomic E-state index is 0.424. The van der Waals surface area contributed by atoms with Gasteiger partial charge < -0.3 is 10.1 Å². The fraction of sp³-hybridized carbons (Fsp3) is 0.462. The maximum atomic E-state index is 5.85. The lowest BCUT2D eigenvalue weighted by atomic mass is 10.0. The van der Waals surface area contributed by atoms with Gasteiger partial charge in [0.25, 0.3) is 0 Å². The highest BCUT2D eigenvalue weighted by molar-refractivity contribution is 5.52. The molecule has 3 rings (SSSR count). The van der Waals surface area contributed by atoms with Gasteiger partial charge in [-0.25, -0.2) is 4.98 Å². The minimum absolute atomic E-state index is 0.424. The lowest BCUT2D eigenvalue weighted by molar-refractivity contribution is 0.179. The molecule has 1 aliphatic heterocycles. The van der Waals surface area contributed by atoms with Crippen LogP contribution in [0.3, 0.4) is 0 Å². The number of fused-ring (bicyclic) bond motifs is 1. The van der Waals surface area contributed by atoms with Gasteiger partial charge in [-0.05, 0) is 38.6 Å². The molecule has 0 radical (unpaired) electrons. The summed E-state index contributed by atoms with van der Waals surface area (Å²) in [5.41, 5.74) is 7.76. The van der Waals surface area contributed by atoms with E-state index in [-0.39, 0.29) is 0 Å². The molecule has 0 amide bonds. The third-order valence-electron chi connectivity index (χ3n) is 3.65. The van der Waals surface area contributed by atoms with Crippen LogP contribution in [0.15, 0.2) is 24.5 Å². The number of aromatic nitrogens is 2. The maximum absolute atomic E-state index is 5.85. The van der Waals surface area contributed by atoms with E-state index >= 15 is 0 Å². The smallest absolute Gasteiger partial charge is 0.130 e. The zero-order valence-corrected chi connectivity index (χ0v) is 10.1. The molecular formula is C13H18N4. The highest BCUT2D eigenvalue weighted by atomic mass is 15.2. The Balaban J connectivity index is 2.07. The summed E-state index contributed by atoms with van der Waals surface area (Å²) in [5.74, 6) is 1.12. The number of piperidine rings is 1. The van der Waals surface area contributed by atoms with E-state index in [1.165, 1.54) is 19.3 Å². The predicted molar refractivity (Wildman–Crippen MR) is 68.8 cm³/mol. The van der Waals surface area contributed by atoms with E-state index in [9.17, 15) is 0 Å². The molecule has 17 heavy (non-hydrogen) atoms. The lowest BCUT2D eigenvalue weighted by Gasteiger charge is -2.31. The molecule has 3 heterocycles. The summed E-state index contributed by atoms with van der Waals surface area (Å²) in [4.78, 5) is 6.97. The van der Waals surface area contributed by atoms with E-state index in [0.29, 0.717) is 6.04 Å². The lowest BCUT2D eigenvalue weighted by Crippen LogP contribution is -2.30. The van der Waals surface area contributed by atoms with E-state index in [1.54, 1.807) is 0 Å². The summed E-state index contributed by atoms with van der Waals surface area (Å²) in [7, 11) is 2.18. The molecule has 1 atom stereocenters. The second-order valence-corrected chi connectivity index (χ2v) is 4.87. The number of likely N-dealkylation sites (tertiary alicyclic amines) is 1. The Morgan fingerprint density at radius 1 is 1.35 bits per heavy atom. The van der Waals surface area contributed by atoms with Crippen LogP contribution in [0.4, 0.5) is 5.69 Å². The van der Waals surface area contributed by atoms with Gasteiger partial charge in [0, 0.05) is 11.9 Å². The van der Waals surface area contributed by atoms with E-state index in [4.69, 9.17) is 5.73 Å². The second kappa shape index (κ2) is 4.04. The molecular weight excluding hydrogens is 212 g/mol. The van der Waals surface area contributed by atoms with Crippen LogP contribution in [0, 0.1) is 0 Å². The monoisotopic (exact) mass is 230 g/mol. The standard InChI is InChI=1S/C13H18N4/c1-16-7-3-2-4-12(16)13-15-8-11-6-5-10(14)9-17(11)13/h5-6,8-9,12H,2-4,7,14H2,1H3. The summed E-state index contributed by atoms with van der Waals surface area (Å²) in [5, 5.41) is 0. The Morgan fingerprint density at radius 2 is 2.24 bits per heavy atom. The number of pyridine rings is 1. The van der Waals surface area contributed by atoms with Crippen molar-refractivity contribution in [1.29, 1.82) is 0 Å². The quantitative estimate of drug-likeness (QED) is 0.815. The van der Waals surface area contributed by atoms with Crippen LogP contribution in [-0.4, -0.2) is 27.9 Å². The Hall–Kier alpha value is -1.55. The average Bonchev–Trinajstić information content (AvgIpc) is 2.72. The van der Waals surface area contributed by atoms with Gasteiger partial charge in [-0.2, -0.15) is 0 Å². The molecule has 4 heteroatoms. The summed E-state index contributed by atoms with van der Waals surface area (Å²) in [6.45, 7) is 1.15. The first-order valence-corrected chi connectivity index (χ1v) is 6.18. The summed E-state index contributed by atoms with van der Waals surface area (Å²) in [6, 6.07) is 4.37. The summed E-state index contributed by atoms with van der Waals surface area (Å²) < 4.78 is 2.13. The molecule has 1 aliphatic rings. The third kappa shape index (κ3) is 1.78. The molecule has 2 aromatic heterocycles. The van der Waals surface area contributed by atoms with Gasteiger partial charge in [0.2, 0.25) is 0 Å². The first-order valence-electron chi connectivity index (χ1n) is 6.18. The molecule has 0 aliphatic carbocycles. The van der Waals surface area contributed by atoms with E-state index < -0.39 is 0 Å². The Labute approximate surface area is 101 Å². The topological polar surface area (TPSA) is 46.6 Å². The zero-order valence-electron chi connectivity index (χ0n) is 10.1. The number of hydrogen-bond donors (Lipinski definition) is 1. The molecule has 1 unspecified atom stereocenters. The predicted octanol–water partition coefficient (Wildman–Crippen LogP) is 2.07. The van der Waals surface area contributed by atoms with Crippen LogP contribution in [0.2, 0.25) is 0 Å². The highest BCUT2D eigenvalue weighted by Gasteiger charge is 2.24. The summed E-state index contributed by atoms with van der Waals surface area (Å²) >= 11 is 0. The molecule has 4 nitrogen and oxygen atoms in total. The Morgan fingerprint density at radius 3 is 3.06 bits per heavy atom. The van der Waals surface area contributed by atoms with Crippen LogP contribution in [0.1, 0.15) is 31.1 Å². The largest absolute Gasteiger partial charge is 0.398 e. The van der Waals surface area contributed by atoms with Crippen LogP contribution >= 0.6 is 0 Å². The minimum Gasteiger partial charge on any atom is -0.398 e. The first kappa shape index (κ1) is 10.6. The fourth-order valence-corrected chi connectivity index (χ4v) is 2.67. The van der Waals surface area contributed by atoms with Gasteiger partial charge in [-0.1, -0.05) is 6.42 Å². The SMILES string of the molecule is CN1CCCCC1c1ncc2ccc(N)cn12. The van der Waals surface area contributed by atoms with Gasteiger partial charge in [0.1, 0.15) is 5.82 Å². The van der Waals surface area contributed by atoms with Gasteiger partial charge >= 0.3 is 0 Å². The van der Waals surface area contributed by atoms with E-state index in [0.717, 1.165) is 23.6 Å². The van der Waals surface area contributed by atoms with Crippen molar-refractivity contribution in [2.75, 3.05) is 19.3 Å². The number of anilines is 1. The Bertz CT molecular complexity index is 531. The molecule has 2 aromatic rings. The van der Waals surface area contributed by atoms with Gasteiger partial charge in [0.05, 0.1) is 17.8 Å². The third-order valence-corrected chi connectivity index (χ3v) is 3.65. The van der Waals surface area contributed by atoms with Crippen molar-refractivity contribution >= 4 is 11.2 Å². The number of nitrogens with zero attached hydrogens (tertiary/aromatic N) is 3. The Kier molecular flexibility index (Phi) is 2.52. The van der Waals surface area contributed by atoms with Crippen LogP contribution in [-0.2, 0) is 0 Å². The molecule has 0 bridgehead atoms. The molecule has 90 valence electrons. The van der Waals surface area contributed by atoms with E-state index in [2.05, 4.69) is 21.3 Å². The molecule has 0 spiro atoms. The van der Waals surface area contributed by atoms with Crippen molar-refractivity contribution in [2.45, 2.75) is 25.3 Å². The molecule has 2 N–H and O–H groups in total. The maximum Gasteiger partial charge on any atom is 0.130 e. The molecule has 1 saturated heterocycles. The van der Waals surface area contributed by atoms with Crippen LogP contribution in [0.5, 0.6) is 0 Å². The van der Waals surface area contributed by atoms with Crippen LogP contribution < -0.4 is 5.73 Å². The van der Waals surface area contributed by atoms with Crippen LogP contribution in [0.25, 0.3) is 5.52 Å². The first-order chi connectivity index (χ1) is 8.25. The second-order valence-electron chi connectivity index (χ2n) is 4.87. The fourth-order valence-electron chi connectivity index (χ4n) is 2.67. The summed E-state index contributed by atoms with van der Waals surface area (Å²) in [6.07, 6.45) is 7.66. The van der Waals surface area contributed by atoms with Gasteiger partial charge in [0.15, 0.2) is 0 Å². The van der Waals surface area contributed by atoms with Gasteiger partial charge in [-0.3, -0.25) is 4.90 Å². The highest BCUT2D eigenvalue weighted by Crippen LogP contribution is 2.29. The van der Waals surface area contributed by atoms with Crippen molar-refractivity contribution in [3.8, 4) is 0 Å². The molecule has 0 aromatic carbocycles. The van der Waals surface area contributed by atoms with Crippen molar-refractivity contribution in [2.24, 2.45) is 0 Å². The number of nitrogens with two attached hydrogens (primary N) is 1. The number of rotatable bonds is 1. The van der Waals surface area contributed by atoms with Crippen molar-refractivity contribution in [3.63, 3.8) is 0 Å². The van der Waals surface area contributed by atoms with E-state index in [1.807, 2.05) is 24.5 Å².